The Hall–Kier alpha value is -3.67. The van der Waals surface area contributed by atoms with Gasteiger partial charge in [0.05, 0.1) is 22.6 Å². The van der Waals surface area contributed by atoms with E-state index in [1.807, 2.05) is 0 Å². The van der Waals surface area contributed by atoms with E-state index < -0.39 is 47.5 Å². The second-order valence-corrected chi connectivity index (χ2v) is 8.75. The van der Waals surface area contributed by atoms with Gasteiger partial charge in [-0.05, 0) is 37.1 Å². The molecule has 3 amide bonds. The van der Waals surface area contributed by atoms with Crippen molar-refractivity contribution in [2.45, 2.75) is 38.1 Å². The number of amides is 3. The first-order valence-corrected chi connectivity index (χ1v) is 11.2. The number of aromatic nitrogens is 2. The smallest absolute Gasteiger partial charge is 0.364 e. The summed E-state index contributed by atoms with van der Waals surface area (Å²) in [6, 6.07) is 6.87. The molecule has 3 N–H and O–H groups in total. The molecule has 0 spiro atoms. The molecule has 13 heteroatoms. The summed E-state index contributed by atoms with van der Waals surface area (Å²) in [7, 11) is 0. The van der Waals surface area contributed by atoms with Gasteiger partial charge < -0.3 is 16.0 Å². The quantitative estimate of drug-likeness (QED) is 0.440. The van der Waals surface area contributed by atoms with Crippen molar-refractivity contribution in [1.82, 2.24) is 20.0 Å². The highest BCUT2D eigenvalue weighted by molar-refractivity contribution is 6.30. The molecule has 1 heterocycles. The number of fused-ring (bicyclic) bond motifs is 1. The molecule has 1 aromatic heterocycles. The van der Waals surface area contributed by atoms with E-state index in [0.29, 0.717) is 12.8 Å². The van der Waals surface area contributed by atoms with Crippen molar-refractivity contribution in [2.75, 3.05) is 6.54 Å². The van der Waals surface area contributed by atoms with Crippen molar-refractivity contribution >= 4 is 40.2 Å². The van der Waals surface area contributed by atoms with Crippen molar-refractivity contribution in [3.63, 3.8) is 0 Å². The molecule has 2 aromatic carbocycles. The summed E-state index contributed by atoms with van der Waals surface area (Å²) < 4.78 is 54.5. The Morgan fingerprint density at radius 2 is 1.92 bits per heavy atom. The van der Waals surface area contributed by atoms with Crippen LogP contribution in [-0.4, -0.2) is 45.0 Å². The van der Waals surface area contributed by atoms with Crippen LogP contribution in [0.2, 0.25) is 5.02 Å². The first kappa shape index (κ1) is 25.4. The van der Waals surface area contributed by atoms with E-state index in [4.69, 9.17) is 17.3 Å². The van der Waals surface area contributed by atoms with Crippen LogP contribution in [0, 0.1) is 5.82 Å². The highest BCUT2D eigenvalue weighted by Gasteiger charge is 2.35. The number of rotatable bonds is 8. The molecule has 1 saturated carbocycles. The normalized spacial score (nSPS) is 13.6. The van der Waals surface area contributed by atoms with Gasteiger partial charge in [0.2, 0.25) is 11.8 Å². The van der Waals surface area contributed by atoms with Gasteiger partial charge in [-0.2, -0.15) is 18.3 Å². The van der Waals surface area contributed by atoms with Gasteiger partial charge in [-0.3, -0.25) is 19.1 Å². The molecule has 0 unspecified atom stereocenters. The fourth-order valence-corrected chi connectivity index (χ4v) is 3.97. The monoisotopic (exact) mass is 525 g/mol. The van der Waals surface area contributed by atoms with Gasteiger partial charge in [-0.15, -0.1) is 0 Å². The Morgan fingerprint density at radius 1 is 1.19 bits per heavy atom. The van der Waals surface area contributed by atoms with Crippen molar-refractivity contribution < 1.29 is 31.9 Å². The van der Waals surface area contributed by atoms with Crippen LogP contribution in [0.25, 0.3) is 10.9 Å². The molecule has 0 bridgehead atoms. The molecule has 1 fully saturated rings. The Bertz CT molecular complexity index is 1350. The fourth-order valence-electron chi connectivity index (χ4n) is 3.77. The SMILES string of the molecule is NC(=O)c1nn(CC(=O)N(CC(=O)NCc2cccc(Cl)c2F)C2CC2)c2ccc(C(F)(F)F)cc12. The minimum absolute atomic E-state index is 0.0827. The maximum Gasteiger partial charge on any atom is 0.416 e. The second kappa shape index (κ2) is 9.76. The van der Waals surface area contributed by atoms with Crippen LogP contribution in [0.4, 0.5) is 17.6 Å². The minimum Gasteiger partial charge on any atom is -0.364 e. The summed E-state index contributed by atoms with van der Waals surface area (Å²) in [5.74, 6) is -2.76. The second-order valence-electron chi connectivity index (χ2n) is 8.34. The van der Waals surface area contributed by atoms with E-state index in [2.05, 4.69) is 10.4 Å². The molecule has 36 heavy (non-hydrogen) atoms. The Morgan fingerprint density at radius 3 is 2.56 bits per heavy atom. The molecule has 1 aliphatic carbocycles. The van der Waals surface area contributed by atoms with E-state index in [-0.39, 0.29) is 40.6 Å². The highest BCUT2D eigenvalue weighted by Crippen LogP contribution is 2.33. The number of carbonyl (C=O) groups excluding carboxylic acids is 3. The summed E-state index contributed by atoms with van der Waals surface area (Å²) in [4.78, 5) is 38.7. The average molecular weight is 526 g/mol. The number of carbonyl (C=O) groups is 3. The van der Waals surface area contributed by atoms with Gasteiger partial charge >= 0.3 is 6.18 Å². The molecule has 4 rings (SSSR count). The highest BCUT2D eigenvalue weighted by atomic mass is 35.5. The van der Waals surface area contributed by atoms with E-state index >= 15 is 0 Å². The number of halogens is 5. The number of hydrogen-bond donors (Lipinski definition) is 2. The summed E-state index contributed by atoms with van der Waals surface area (Å²) in [6.45, 7) is -0.876. The van der Waals surface area contributed by atoms with E-state index in [1.165, 1.54) is 17.0 Å². The lowest BCUT2D eigenvalue weighted by atomic mass is 10.1. The largest absolute Gasteiger partial charge is 0.416 e. The number of nitrogens with two attached hydrogens (primary N) is 1. The molecule has 0 atom stereocenters. The summed E-state index contributed by atoms with van der Waals surface area (Å²) >= 11 is 5.74. The zero-order chi connectivity index (χ0) is 26.2. The molecular weight excluding hydrogens is 506 g/mol. The zero-order valence-corrected chi connectivity index (χ0v) is 19.4. The first-order chi connectivity index (χ1) is 17.0. The van der Waals surface area contributed by atoms with Crippen molar-refractivity contribution in [1.29, 1.82) is 0 Å². The van der Waals surface area contributed by atoms with Gasteiger partial charge in [-0.25, -0.2) is 4.39 Å². The average Bonchev–Trinajstić information content (AvgIpc) is 3.59. The van der Waals surface area contributed by atoms with Gasteiger partial charge in [-0.1, -0.05) is 23.7 Å². The van der Waals surface area contributed by atoms with E-state index in [9.17, 15) is 31.9 Å². The standard InChI is InChI=1S/C23H20ClF4N5O3/c24-16-3-1-2-12(20(16)25)9-30-18(34)10-32(14-5-6-14)19(35)11-33-17-7-4-13(23(26,27)28)8-15(17)21(31-33)22(29)36/h1-4,7-8,14H,5-6,9-11H2,(H2,29,36)(H,30,34). The third kappa shape index (κ3) is 5.43. The molecule has 8 nitrogen and oxygen atoms in total. The maximum absolute atomic E-state index is 14.0. The van der Waals surface area contributed by atoms with E-state index in [1.54, 1.807) is 6.07 Å². The van der Waals surface area contributed by atoms with Crippen molar-refractivity contribution in [3.05, 3.63) is 64.1 Å². The van der Waals surface area contributed by atoms with Gasteiger partial charge in [0.25, 0.3) is 5.91 Å². The molecule has 0 radical (unpaired) electrons. The van der Waals surface area contributed by atoms with Crippen molar-refractivity contribution in [2.24, 2.45) is 5.73 Å². The number of primary amides is 1. The number of benzene rings is 2. The van der Waals surface area contributed by atoms with Crippen LogP contribution < -0.4 is 11.1 Å². The number of nitrogens with zero attached hydrogens (tertiary/aromatic N) is 3. The van der Waals surface area contributed by atoms with E-state index in [0.717, 1.165) is 22.9 Å². The topological polar surface area (TPSA) is 110 Å². The molecule has 3 aromatic rings. The van der Waals surface area contributed by atoms with Crippen LogP contribution in [-0.2, 0) is 28.9 Å². The predicted molar refractivity (Wildman–Crippen MR) is 121 cm³/mol. The summed E-state index contributed by atoms with van der Waals surface area (Å²) in [6.07, 6.45) is -3.31. The third-order valence-electron chi connectivity index (χ3n) is 5.73. The Balaban J connectivity index is 1.50. The molecular formula is C23H20ClF4N5O3. The molecule has 0 saturated heterocycles. The van der Waals surface area contributed by atoms with Gasteiger partial charge in [0.1, 0.15) is 12.4 Å². The van der Waals surface area contributed by atoms with Crippen LogP contribution in [0.5, 0.6) is 0 Å². The van der Waals surface area contributed by atoms with Crippen LogP contribution in [0.1, 0.15) is 34.5 Å². The van der Waals surface area contributed by atoms with Gasteiger partial charge in [0, 0.05) is 23.5 Å². The number of hydrogen-bond acceptors (Lipinski definition) is 4. The Labute approximate surface area is 207 Å². The predicted octanol–water partition coefficient (Wildman–Crippen LogP) is 3.25. The van der Waals surface area contributed by atoms with Gasteiger partial charge in [0.15, 0.2) is 5.69 Å². The third-order valence-corrected chi connectivity index (χ3v) is 6.02. The summed E-state index contributed by atoms with van der Waals surface area (Å²) in [5.41, 5.74) is 4.19. The lowest BCUT2D eigenvalue weighted by Crippen LogP contribution is -2.43. The maximum atomic E-state index is 14.0. The molecule has 1 aliphatic rings. The minimum atomic E-state index is -4.65. The Kier molecular flexibility index (Phi) is 6.90. The number of nitrogens with one attached hydrogen (secondary N) is 1. The summed E-state index contributed by atoms with van der Waals surface area (Å²) in [5, 5.41) is 6.29. The zero-order valence-electron chi connectivity index (χ0n) is 18.6. The van der Waals surface area contributed by atoms with Crippen LogP contribution in [0.15, 0.2) is 36.4 Å². The van der Waals surface area contributed by atoms with Crippen molar-refractivity contribution in [3.8, 4) is 0 Å². The molecule has 0 aliphatic heterocycles. The lowest BCUT2D eigenvalue weighted by molar-refractivity contribution is -0.137. The number of alkyl halides is 3. The van der Waals surface area contributed by atoms with Crippen LogP contribution in [0.3, 0.4) is 0 Å². The first-order valence-electron chi connectivity index (χ1n) is 10.8. The lowest BCUT2D eigenvalue weighted by Gasteiger charge is -2.22. The fraction of sp³-hybridized carbons (Fsp3) is 0.304. The van der Waals surface area contributed by atoms with Crippen LogP contribution >= 0.6 is 11.6 Å². The molecule has 190 valence electrons.